The van der Waals surface area contributed by atoms with Crippen LogP contribution in [0.4, 0.5) is 5.69 Å². The number of carbonyl (C=O) groups is 1. The van der Waals surface area contributed by atoms with Gasteiger partial charge in [0, 0.05) is 17.3 Å². The molecule has 1 heterocycles. The van der Waals surface area contributed by atoms with Crippen molar-refractivity contribution in [3.63, 3.8) is 0 Å². The molecule has 0 bridgehead atoms. The average molecular weight is 245 g/mol. The molecule has 18 heavy (non-hydrogen) atoms. The molecule has 0 saturated heterocycles. The standard InChI is InChI=1S/C12H11N3O3/c1-8-5-9(2)14(13-8)11-4-3-10(7-16)6-12(11)15(17)18/h3-7H,1-2H3. The van der Waals surface area contributed by atoms with Crippen LogP contribution in [-0.2, 0) is 0 Å². The zero-order valence-electron chi connectivity index (χ0n) is 9.95. The first kappa shape index (κ1) is 12.0. The highest BCUT2D eigenvalue weighted by atomic mass is 16.6. The summed E-state index contributed by atoms with van der Waals surface area (Å²) in [6.07, 6.45) is 0.581. The summed E-state index contributed by atoms with van der Waals surface area (Å²) in [4.78, 5) is 21.2. The van der Waals surface area contributed by atoms with Crippen molar-refractivity contribution in [1.29, 1.82) is 0 Å². The van der Waals surface area contributed by atoms with E-state index in [1.165, 1.54) is 22.9 Å². The Morgan fingerprint density at radius 2 is 2.06 bits per heavy atom. The molecule has 92 valence electrons. The highest BCUT2D eigenvalue weighted by Gasteiger charge is 2.18. The summed E-state index contributed by atoms with van der Waals surface area (Å²) in [5.41, 5.74) is 2.07. The zero-order valence-corrected chi connectivity index (χ0v) is 9.95. The SMILES string of the molecule is Cc1cc(C)n(-c2ccc(C=O)cc2[N+](=O)[O-])n1. The van der Waals surface area contributed by atoms with Crippen LogP contribution in [-0.4, -0.2) is 21.0 Å². The number of nitro benzene ring substituents is 1. The van der Waals surface area contributed by atoms with Crippen LogP contribution in [0.3, 0.4) is 0 Å². The van der Waals surface area contributed by atoms with Gasteiger partial charge in [-0.05, 0) is 32.0 Å². The summed E-state index contributed by atoms with van der Waals surface area (Å²) in [6, 6.07) is 6.14. The van der Waals surface area contributed by atoms with Crippen molar-refractivity contribution in [2.45, 2.75) is 13.8 Å². The third kappa shape index (κ3) is 2.00. The van der Waals surface area contributed by atoms with Gasteiger partial charge in [-0.2, -0.15) is 5.10 Å². The number of hydrogen-bond acceptors (Lipinski definition) is 4. The van der Waals surface area contributed by atoms with Crippen molar-refractivity contribution in [2.75, 3.05) is 0 Å². The molecule has 0 radical (unpaired) electrons. The highest BCUT2D eigenvalue weighted by Crippen LogP contribution is 2.24. The second kappa shape index (κ2) is 4.40. The Morgan fingerprint density at radius 3 is 2.56 bits per heavy atom. The summed E-state index contributed by atoms with van der Waals surface area (Å²) < 4.78 is 1.50. The number of nitro groups is 1. The fraction of sp³-hybridized carbons (Fsp3) is 0.167. The molecule has 0 fully saturated rings. The van der Waals surface area contributed by atoms with Gasteiger partial charge in [0.15, 0.2) is 0 Å². The fourth-order valence-corrected chi connectivity index (χ4v) is 1.81. The first-order chi connectivity index (χ1) is 8.52. The van der Waals surface area contributed by atoms with Crippen molar-refractivity contribution in [3.8, 4) is 5.69 Å². The Labute approximate surface area is 103 Å². The molecule has 0 N–H and O–H groups in total. The molecular weight excluding hydrogens is 234 g/mol. The monoisotopic (exact) mass is 245 g/mol. The molecule has 0 aliphatic rings. The smallest absolute Gasteiger partial charge is 0.295 e. The third-order valence-corrected chi connectivity index (χ3v) is 2.57. The molecule has 0 aliphatic heterocycles. The van der Waals surface area contributed by atoms with Crippen molar-refractivity contribution in [3.05, 3.63) is 51.3 Å². The van der Waals surface area contributed by atoms with E-state index in [2.05, 4.69) is 5.10 Å². The van der Waals surface area contributed by atoms with E-state index in [-0.39, 0.29) is 11.3 Å². The van der Waals surface area contributed by atoms with Gasteiger partial charge < -0.3 is 0 Å². The number of benzene rings is 1. The fourth-order valence-electron chi connectivity index (χ4n) is 1.81. The van der Waals surface area contributed by atoms with Crippen LogP contribution in [0.5, 0.6) is 0 Å². The summed E-state index contributed by atoms with van der Waals surface area (Å²) in [5.74, 6) is 0. The van der Waals surface area contributed by atoms with Crippen LogP contribution in [0.25, 0.3) is 5.69 Å². The van der Waals surface area contributed by atoms with E-state index in [1.54, 1.807) is 0 Å². The second-order valence-electron chi connectivity index (χ2n) is 3.96. The lowest BCUT2D eigenvalue weighted by Gasteiger charge is -2.05. The van der Waals surface area contributed by atoms with Crippen molar-refractivity contribution >= 4 is 12.0 Å². The van der Waals surface area contributed by atoms with Gasteiger partial charge >= 0.3 is 0 Å². The maximum Gasteiger partial charge on any atom is 0.295 e. The van der Waals surface area contributed by atoms with Crippen LogP contribution < -0.4 is 0 Å². The topological polar surface area (TPSA) is 78.0 Å². The van der Waals surface area contributed by atoms with Gasteiger partial charge in [0.2, 0.25) is 0 Å². The normalized spacial score (nSPS) is 10.3. The van der Waals surface area contributed by atoms with E-state index in [0.29, 0.717) is 12.0 Å². The van der Waals surface area contributed by atoms with Gasteiger partial charge in [0.1, 0.15) is 12.0 Å². The summed E-state index contributed by atoms with van der Waals surface area (Å²) in [6.45, 7) is 3.63. The summed E-state index contributed by atoms with van der Waals surface area (Å²) >= 11 is 0. The lowest BCUT2D eigenvalue weighted by atomic mass is 10.2. The molecule has 2 aromatic rings. The first-order valence-electron chi connectivity index (χ1n) is 5.30. The Kier molecular flexibility index (Phi) is 2.93. The first-order valence-corrected chi connectivity index (χ1v) is 5.30. The molecule has 0 unspecified atom stereocenters. The molecule has 0 atom stereocenters. The molecule has 0 saturated carbocycles. The summed E-state index contributed by atoms with van der Waals surface area (Å²) in [5, 5.41) is 15.2. The number of aryl methyl sites for hydroxylation is 2. The number of carbonyl (C=O) groups excluding carboxylic acids is 1. The molecule has 0 aliphatic carbocycles. The minimum Gasteiger partial charge on any atom is -0.298 e. The van der Waals surface area contributed by atoms with E-state index in [4.69, 9.17) is 0 Å². The minimum atomic E-state index is -0.515. The predicted molar refractivity (Wildman–Crippen MR) is 65.1 cm³/mol. The van der Waals surface area contributed by atoms with Crippen LogP contribution in [0.1, 0.15) is 21.7 Å². The van der Waals surface area contributed by atoms with Gasteiger partial charge in [-0.25, -0.2) is 4.68 Å². The van der Waals surface area contributed by atoms with Crippen LogP contribution in [0.2, 0.25) is 0 Å². The van der Waals surface area contributed by atoms with Crippen molar-refractivity contribution in [2.24, 2.45) is 0 Å². The Bertz CT molecular complexity index is 631. The average Bonchev–Trinajstić information content (AvgIpc) is 2.67. The molecule has 0 spiro atoms. The molecule has 0 amide bonds. The predicted octanol–water partition coefficient (Wildman–Crippen LogP) is 2.21. The molecule has 6 nitrogen and oxygen atoms in total. The van der Waals surface area contributed by atoms with Gasteiger partial charge in [-0.1, -0.05) is 0 Å². The van der Waals surface area contributed by atoms with Gasteiger partial charge in [0.25, 0.3) is 5.69 Å². The maximum atomic E-state index is 11.0. The zero-order chi connectivity index (χ0) is 13.3. The van der Waals surface area contributed by atoms with Gasteiger partial charge in [0.05, 0.1) is 10.6 Å². The van der Waals surface area contributed by atoms with Crippen LogP contribution >= 0.6 is 0 Å². The lowest BCUT2D eigenvalue weighted by Crippen LogP contribution is -2.04. The van der Waals surface area contributed by atoms with Crippen molar-refractivity contribution in [1.82, 2.24) is 9.78 Å². The lowest BCUT2D eigenvalue weighted by molar-refractivity contribution is -0.384. The number of nitrogens with zero attached hydrogens (tertiary/aromatic N) is 3. The molecule has 6 heteroatoms. The second-order valence-corrected chi connectivity index (χ2v) is 3.96. The Balaban J connectivity index is 2.67. The summed E-state index contributed by atoms with van der Waals surface area (Å²) in [7, 11) is 0. The van der Waals surface area contributed by atoms with Crippen LogP contribution in [0, 0.1) is 24.0 Å². The molecule has 1 aromatic heterocycles. The van der Waals surface area contributed by atoms with Gasteiger partial charge in [-0.3, -0.25) is 14.9 Å². The van der Waals surface area contributed by atoms with Gasteiger partial charge in [-0.15, -0.1) is 0 Å². The molecule has 1 aromatic carbocycles. The van der Waals surface area contributed by atoms with Crippen molar-refractivity contribution < 1.29 is 9.72 Å². The molecule has 2 rings (SSSR count). The van der Waals surface area contributed by atoms with Crippen LogP contribution in [0.15, 0.2) is 24.3 Å². The number of aldehydes is 1. The van der Waals surface area contributed by atoms with E-state index in [9.17, 15) is 14.9 Å². The minimum absolute atomic E-state index is 0.134. The number of rotatable bonds is 3. The van der Waals surface area contributed by atoms with E-state index in [0.717, 1.165) is 11.4 Å². The Morgan fingerprint density at radius 1 is 1.33 bits per heavy atom. The number of hydrogen-bond donors (Lipinski definition) is 0. The number of aromatic nitrogens is 2. The Hall–Kier alpha value is -2.50. The third-order valence-electron chi connectivity index (χ3n) is 2.57. The highest BCUT2D eigenvalue weighted by molar-refractivity contribution is 5.77. The van der Waals surface area contributed by atoms with E-state index >= 15 is 0 Å². The quantitative estimate of drug-likeness (QED) is 0.472. The largest absolute Gasteiger partial charge is 0.298 e. The van der Waals surface area contributed by atoms with E-state index in [1.807, 2.05) is 19.9 Å². The maximum absolute atomic E-state index is 11.0. The van der Waals surface area contributed by atoms with E-state index < -0.39 is 4.92 Å². The molecular formula is C12H11N3O3.